The summed E-state index contributed by atoms with van der Waals surface area (Å²) >= 11 is 0. The van der Waals surface area contributed by atoms with Gasteiger partial charge in [-0.15, -0.1) is 0 Å². The van der Waals surface area contributed by atoms with E-state index in [9.17, 15) is 19.5 Å². The highest BCUT2D eigenvalue weighted by Gasteiger charge is 2.70. The number of ether oxygens (including phenoxy) is 3. The molecule has 4 aliphatic rings. The second-order valence-corrected chi connectivity index (χ2v) is 14.3. The van der Waals surface area contributed by atoms with Crippen molar-refractivity contribution >= 4 is 17.9 Å². The van der Waals surface area contributed by atoms with Gasteiger partial charge in [0.2, 0.25) is 0 Å². The number of carbonyl (C=O) groups excluding carboxylic acids is 3. The van der Waals surface area contributed by atoms with Crippen molar-refractivity contribution in [3.63, 3.8) is 0 Å². The zero-order valence-corrected chi connectivity index (χ0v) is 24.9. The average molecular weight is 535 g/mol. The molecule has 0 aromatic heterocycles. The van der Waals surface area contributed by atoms with Gasteiger partial charge in [0.1, 0.15) is 18.1 Å². The first kappa shape index (κ1) is 29.4. The van der Waals surface area contributed by atoms with Crippen LogP contribution in [0, 0.1) is 50.7 Å². The number of esters is 3. The van der Waals surface area contributed by atoms with Crippen LogP contribution < -0.4 is 0 Å². The van der Waals surface area contributed by atoms with Crippen LogP contribution in [-0.4, -0.2) is 49.4 Å². The highest BCUT2D eigenvalue weighted by molar-refractivity contribution is 5.78. The van der Waals surface area contributed by atoms with Gasteiger partial charge in [0.05, 0.1) is 7.11 Å². The van der Waals surface area contributed by atoms with Crippen LogP contribution in [0.4, 0.5) is 0 Å². The maximum Gasteiger partial charge on any atom is 0.315 e. The molecule has 7 nitrogen and oxygen atoms in total. The van der Waals surface area contributed by atoms with Gasteiger partial charge in [-0.2, -0.15) is 0 Å². The summed E-state index contributed by atoms with van der Waals surface area (Å²) in [6.45, 7) is 14.6. The topological polar surface area (TPSA) is 99.1 Å². The second kappa shape index (κ2) is 9.78. The molecule has 0 heterocycles. The molecule has 0 spiro atoms. The van der Waals surface area contributed by atoms with E-state index in [0.29, 0.717) is 18.3 Å². The number of aliphatic hydroxyl groups is 1. The first-order valence-electron chi connectivity index (χ1n) is 14.6. The van der Waals surface area contributed by atoms with Crippen LogP contribution in [0.5, 0.6) is 0 Å². The van der Waals surface area contributed by atoms with Gasteiger partial charge in [0.15, 0.2) is 0 Å². The van der Waals surface area contributed by atoms with Gasteiger partial charge < -0.3 is 19.3 Å². The summed E-state index contributed by atoms with van der Waals surface area (Å²) in [4.78, 5) is 36.9. The van der Waals surface area contributed by atoms with Crippen molar-refractivity contribution in [2.24, 2.45) is 50.7 Å². The summed E-state index contributed by atoms with van der Waals surface area (Å²) in [6.07, 6.45) is 7.37. The van der Waals surface area contributed by atoms with Crippen LogP contribution >= 0.6 is 0 Å². The molecule has 4 saturated carbocycles. The molecule has 1 N–H and O–H groups in total. The molecule has 0 radical (unpaired) electrons. The average Bonchev–Trinajstić information content (AvgIpc) is 2.84. The molecule has 7 heteroatoms. The molecule has 216 valence electrons. The summed E-state index contributed by atoms with van der Waals surface area (Å²) in [6, 6.07) is 0. The van der Waals surface area contributed by atoms with E-state index < -0.39 is 11.4 Å². The van der Waals surface area contributed by atoms with Gasteiger partial charge in [-0.25, -0.2) is 0 Å². The Labute approximate surface area is 228 Å². The standard InChI is InChI=1S/C31H50O7/c1-19(33)37-18-31(26(35)36-8)16-15-29(6)21(22(31)17-32)9-10-24-28(5)13-12-25(38-20(2)34)27(3,4)23(28)11-14-30(24,29)7/h21-25,32H,9-18H2,1-8H3/t21?,22?,23?,24?,25?,28-,29+,30+,31-/m0/s1. The Morgan fingerprint density at radius 2 is 1.50 bits per heavy atom. The minimum absolute atomic E-state index is 0.0432. The lowest BCUT2D eigenvalue weighted by molar-refractivity contribution is -0.255. The minimum Gasteiger partial charge on any atom is -0.468 e. The van der Waals surface area contributed by atoms with E-state index in [1.807, 2.05) is 0 Å². The zero-order valence-electron chi connectivity index (χ0n) is 24.9. The van der Waals surface area contributed by atoms with Gasteiger partial charge in [-0.3, -0.25) is 14.4 Å². The third kappa shape index (κ3) is 4.04. The first-order valence-corrected chi connectivity index (χ1v) is 14.6. The van der Waals surface area contributed by atoms with E-state index in [-0.39, 0.29) is 64.8 Å². The monoisotopic (exact) mass is 534 g/mol. The molecule has 0 saturated heterocycles. The number of methoxy groups -OCH3 is 1. The quantitative estimate of drug-likeness (QED) is 0.376. The summed E-state index contributed by atoms with van der Waals surface area (Å²) in [5.74, 6) is -0.233. The summed E-state index contributed by atoms with van der Waals surface area (Å²) < 4.78 is 16.6. The van der Waals surface area contributed by atoms with Crippen molar-refractivity contribution < 1.29 is 33.7 Å². The minimum atomic E-state index is -1.02. The number of carbonyl (C=O) groups is 3. The smallest absolute Gasteiger partial charge is 0.315 e. The Balaban J connectivity index is 1.70. The SMILES string of the molecule is COC(=O)[C@]1(COC(C)=O)CC[C@]2(C)C(CCC3[C@@]4(C)CCC(OC(C)=O)C(C)(C)C4CC[C@]32C)C1CO. The molecule has 0 aromatic carbocycles. The van der Waals surface area contributed by atoms with Crippen molar-refractivity contribution in [3.05, 3.63) is 0 Å². The van der Waals surface area contributed by atoms with Gasteiger partial charge in [0.25, 0.3) is 0 Å². The summed E-state index contributed by atoms with van der Waals surface area (Å²) in [5, 5.41) is 10.8. The molecule has 9 atom stereocenters. The molecular formula is C31H50O7. The summed E-state index contributed by atoms with van der Waals surface area (Å²) in [5.41, 5.74) is -1.01. The number of rotatable bonds is 5. The van der Waals surface area contributed by atoms with E-state index in [0.717, 1.165) is 44.9 Å². The third-order valence-electron chi connectivity index (χ3n) is 12.8. The van der Waals surface area contributed by atoms with E-state index in [2.05, 4.69) is 34.6 Å². The maximum atomic E-state index is 13.3. The van der Waals surface area contributed by atoms with Crippen LogP contribution in [-0.2, 0) is 28.6 Å². The van der Waals surface area contributed by atoms with Crippen molar-refractivity contribution in [1.29, 1.82) is 0 Å². The fraction of sp³-hybridized carbons (Fsp3) is 0.903. The molecular weight excluding hydrogens is 484 g/mol. The Morgan fingerprint density at radius 1 is 0.816 bits per heavy atom. The molecule has 0 amide bonds. The first-order chi connectivity index (χ1) is 17.6. The molecule has 4 fully saturated rings. The highest BCUT2D eigenvalue weighted by Crippen LogP contribution is 2.75. The second-order valence-electron chi connectivity index (χ2n) is 14.3. The molecule has 0 bridgehead atoms. The molecule has 38 heavy (non-hydrogen) atoms. The Hall–Kier alpha value is -1.63. The molecule has 0 aromatic rings. The lowest BCUT2D eigenvalue weighted by atomic mass is 9.32. The van der Waals surface area contributed by atoms with E-state index in [4.69, 9.17) is 14.2 Å². The van der Waals surface area contributed by atoms with Crippen molar-refractivity contribution in [2.45, 2.75) is 106 Å². The van der Waals surface area contributed by atoms with E-state index in [1.54, 1.807) is 0 Å². The van der Waals surface area contributed by atoms with Crippen LogP contribution in [0.2, 0.25) is 0 Å². The number of aliphatic hydroxyl groups excluding tert-OH is 1. The molecule has 5 unspecified atom stereocenters. The zero-order chi connectivity index (χ0) is 28.3. The predicted molar refractivity (Wildman–Crippen MR) is 143 cm³/mol. The lowest BCUT2D eigenvalue weighted by Gasteiger charge is -2.72. The van der Waals surface area contributed by atoms with Gasteiger partial charge in [-0.1, -0.05) is 34.6 Å². The number of fused-ring (bicyclic) bond motifs is 5. The van der Waals surface area contributed by atoms with Gasteiger partial charge >= 0.3 is 17.9 Å². The number of hydrogen-bond acceptors (Lipinski definition) is 7. The molecule has 4 rings (SSSR count). The van der Waals surface area contributed by atoms with Crippen LogP contribution in [0.1, 0.15) is 99.8 Å². The van der Waals surface area contributed by atoms with Gasteiger partial charge in [0, 0.05) is 31.8 Å². The van der Waals surface area contributed by atoms with Crippen LogP contribution in [0.15, 0.2) is 0 Å². The van der Waals surface area contributed by atoms with Crippen LogP contribution in [0.3, 0.4) is 0 Å². The van der Waals surface area contributed by atoms with Crippen molar-refractivity contribution in [3.8, 4) is 0 Å². The third-order valence-corrected chi connectivity index (χ3v) is 12.8. The van der Waals surface area contributed by atoms with Gasteiger partial charge in [-0.05, 0) is 85.4 Å². The Kier molecular flexibility index (Phi) is 7.55. The van der Waals surface area contributed by atoms with E-state index in [1.165, 1.54) is 21.0 Å². The summed E-state index contributed by atoms with van der Waals surface area (Å²) in [7, 11) is 1.38. The maximum absolute atomic E-state index is 13.3. The number of hydrogen-bond donors (Lipinski definition) is 1. The predicted octanol–water partition coefficient (Wildman–Crippen LogP) is 5.32. The fourth-order valence-electron chi connectivity index (χ4n) is 10.8. The fourth-order valence-corrected chi connectivity index (χ4v) is 10.8. The Bertz CT molecular complexity index is 960. The largest absolute Gasteiger partial charge is 0.468 e. The Morgan fingerprint density at radius 3 is 2.08 bits per heavy atom. The molecule has 0 aliphatic heterocycles. The van der Waals surface area contributed by atoms with Crippen molar-refractivity contribution in [1.82, 2.24) is 0 Å². The lowest BCUT2D eigenvalue weighted by Crippen LogP contribution is -2.68. The van der Waals surface area contributed by atoms with Crippen molar-refractivity contribution in [2.75, 3.05) is 20.3 Å². The highest BCUT2D eigenvalue weighted by atomic mass is 16.6. The normalized spacial score (nSPS) is 45.6. The molecule has 4 aliphatic carbocycles. The van der Waals surface area contributed by atoms with Crippen LogP contribution in [0.25, 0.3) is 0 Å². The van der Waals surface area contributed by atoms with E-state index >= 15 is 0 Å².